The molecule has 0 bridgehead atoms. The second-order valence-corrected chi connectivity index (χ2v) is 5.92. The van der Waals surface area contributed by atoms with Crippen molar-refractivity contribution in [3.63, 3.8) is 0 Å². The molecule has 0 spiro atoms. The third-order valence-corrected chi connectivity index (χ3v) is 3.96. The first kappa shape index (κ1) is 18.3. The number of alkyl halides is 2. The molecule has 8 heteroatoms. The van der Waals surface area contributed by atoms with Gasteiger partial charge in [0.1, 0.15) is 19.0 Å². The number of benzene rings is 2. The summed E-state index contributed by atoms with van der Waals surface area (Å²) < 4.78 is 39.7. The number of nitrogens with one attached hydrogen (secondary N) is 1. The summed E-state index contributed by atoms with van der Waals surface area (Å²) in [6.07, 6.45) is 0.523. The van der Waals surface area contributed by atoms with E-state index < -0.39 is 6.61 Å². The molecule has 2 aromatic carbocycles. The van der Waals surface area contributed by atoms with E-state index in [1.165, 1.54) is 24.3 Å². The Hall–Kier alpha value is -2.54. The van der Waals surface area contributed by atoms with Crippen LogP contribution in [-0.4, -0.2) is 32.3 Å². The lowest BCUT2D eigenvalue weighted by atomic mass is 10.1. The minimum atomic E-state index is -2.94. The Balaban J connectivity index is 1.58. The van der Waals surface area contributed by atoms with Crippen LogP contribution >= 0.6 is 11.6 Å². The van der Waals surface area contributed by atoms with E-state index in [0.29, 0.717) is 42.7 Å². The summed E-state index contributed by atoms with van der Waals surface area (Å²) in [7, 11) is 0. The molecule has 0 unspecified atom stereocenters. The zero-order valence-corrected chi connectivity index (χ0v) is 14.4. The van der Waals surface area contributed by atoms with Crippen LogP contribution in [0.25, 0.3) is 0 Å². The fourth-order valence-corrected chi connectivity index (χ4v) is 2.83. The van der Waals surface area contributed by atoms with Crippen molar-refractivity contribution in [2.75, 3.05) is 19.8 Å². The average molecular weight is 384 g/mol. The van der Waals surface area contributed by atoms with Gasteiger partial charge in [0.15, 0.2) is 11.5 Å². The molecule has 1 amide bonds. The molecule has 26 heavy (non-hydrogen) atoms. The van der Waals surface area contributed by atoms with E-state index in [4.69, 9.17) is 21.1 Å². The topological polar surface area (TPSA) is 56.8 Å². The first-order chi connectivity index (χ1) is 12.5. The van der Waals surface area contributed by atoms with Gasteiger partial charge in [-0.3, -0.25) is 4.79 Å². The Morgan fingerprint density at radius 1 is 1.23 bits per heavy atom. The Morgan fingerprint density at radius 2 is 2.04 bits per heavy atom. The average Bonchev–Trinajstić information content (AvgIpc) is 2.61. The molecule has 0 aromatic heterocycles. The van der Waals surface area contributed by atoms with Gasteiger partial charge < -0.3 is 19.5 Å². The van der Waals surface area contributed by atoms with Gasteiger partial charge in [-0.1, -0.05) is 17.7 Å². The fourth-order valence-electron chi connectivity index (χ4n) is 2.54. The minimum Gasteiger partial charge on any atom is -0.486 e. The van der Waals surface area contributed by atoms with Crippen LogP contribution in [0.4, 0.5) is 8.78 Å². The van der Waals surface area contributed by atoms with Crippen molar-refractivity contribution >= 4 is 17.5 Å². The molecule has 3 rings (SSSR count). The number of carbonyl (C=O) groups excluding carboxylic acids is 1. The summed E-state index contributed by atoms with van der Waals surface area (Å²) >= 11 is 6.18. The van der Waals surface area contributed by atoms with Gasteiger partial charge >= 0.3 is 6.61 Å². The third-order valence-electron chi connectivity index (χ3n) is 3.68. The molecule has 138 valence electrons. The molecule has 1 aliphatic heterocycles. The Bertz CT molecular complexity index is 801. The number of halogens is 3. The molecule has 2 aromatic rings. The van der Waals surface area contributed by atoms with Gasteiger partial charge in [-0.15, -0.1) is 0 Å². The van der Waals surface area contributed by atoms with Crippen LogP contribution in [0.2, 0.25) is 5.02 Å². The number of ether oxygens (including phenoxy) is 3. The van der Waals surface area contributed by atoms with Crippen molar-refractivity contribution in [2.45, 2.75) is 13.0 Å². The quantitative estimate of drug-likeness (QED) is 0.826. The van der Waals surface area contributed by atoms with E-state index in [-0.39, 0.29) is 17.2 Å². The molecule has 0 radical (unpaired) electrons. The number of amides is 1. The van der Waals surface area contributed by atoms with Gasteiger partial charge in [0.25, 0.3) is 5.91 Å². The molecular formula is C18H16ClF2NO4. The maximum Gasteiger partial charge on any atom is 0.387 e. The number of rotatable bonds is 6. The van der Waals surface area contributed by atoms with Gasteiger partial charge in [-0.05, 0) is 42.3 Å². The molecule has 5 nitrogen and oxygen atoms in total. The molecule has 1 aliphatic rings. The van der Waals surface area contributed by atoms with Crippen molar-refractivity contribution in [3.05, 3.63) is 52.5 Å². The number of fused-ring (bicyclic) bond motifs is 1. The maximum absolute atomic E-state index is 12.2. The van der Waals surface area contributed by atoms with Crippen molar-refractivity contribution in [2.24, 2.45) is 0 Å². The molecule has 0 aliphatic carbocycles. The van der Waals surface area contributed by atoms with Crippen molar-refractivity contribution in [1.82, 2.24) is 5.32 Å². The summed E-state index contributed by atoms with van der Waals surface area (Å²) in [5, 5.41) is 3.19. The van der Waals surface area contributed by atoms with Crippen LogP contribution in [0.1, 0.15) is 15.9 Å². The van der Waals surface area contributed by atoms with Crippen LogP contribution in [0.5, 0.6) is 17.2 Å². The first-order valence-electron chi connectivity index (χ1n) is 7.94. The summed E-state index contributed by atoms with van der Waals surface area (Å²) in [4.78, 5) is 12.1. The monoisotopic (exact) mass is 383 g/mol. The van der Waals surface area contributed by atoms with Crippen LogP contribution in [0.3, 0.4) is 0 Å². The normalized spacial score (nSPS) is 12.8. The van der Waals surface area contributed by atoms with E-state index in [1.54, 1.807) is 6.07 Å². The van der Waals surface area contributed by atoms with Crippen LogP contribution < -0.4 is 19.5 Å². The Morgan fingerprint density at radius 3 is 2.85 bits per heavy atom. The van der Waals surface area contributed by atoms with E-state index in [9.17, 15) is 13.6 Å². The van der Waals surface area contributed by atoms with Gasteiger partial charge in [-0.2, -0.15) is 8.78 Å². The second kappa shape index (κ2) is 8.23. The lowest BCUT2D eigenvalue weighted by molar-refractivity contribution is -0.0498. The van der Waals surface area contributed by atoms with Crippen LogP contribution in [-0.2, 0) is 6.42 Å². The molecule has 0 saturated heterocycles. The van der Waals surface area contributed by atoms with Crippen LogP contribution in [0, 0.1) is 0 Å². The zero-order chi connectivity index (χ0) is 18.5. The van der Waals surface area contributed by atoms with Crippen LogP contribution in [0.15, 0.2) is 36.4 Å². The SMILES string of the molecule is O=C(NCCc1cc(Cl)c2c(c1)OCCO2)c1cccc(OC(F)F)c1. The first-order valence-corrected chi connectivity index (χ1v) is 8.32. The zero-order valence-electron chi connectivity index (χ0n) is 13.6. The van der Waals surface area contributed by atoms with Gasteiger partial charge in [-0.25, -0.2) is 0 Å². The van der Waals surface area contributed by atoms with Crippen molar-refractivity contribution in [1.29, 1.82) is 0 Å². The lowest BCUT2D eigenvalue weighted by Gasteiger charge is -2.20. The van der Waals surface area contributed by atoms with Crippen molar-refractivity contribution in [3.8, 4) is 17.2 Å². The highest BCUT2D eigenvalue weighted by atomic mass is 35.5. The largest absolute Gasteiger partial charge is 0.486 e. The predicted octanol–water partition coefficient (Wildman–Crippen LogP) is 3.69. The maximum atomic E-state index is 12.2. The van der Waals surface area contributed by atoms with Crippen molar-refractivity contribution < 1.29 is 27.8 Å². The van der Waals surface area contributed by atoms with Gasteiger partial charge in [0.2, 0.25) is 0 Å². The van der Waals surface area contributed by atoms with E-state index >= 15 is 0 Å². The molecule has 1 N–H and O–H groups in total. The highest BCUT2D eigenvalue weighted by Gasteiger charge is 2.16. The summed E-state index contributed by atoms with van der Waals surface area (Å²) in [5.74, 6) is 0.670. The minimum absolute atomic E-state index is 0.0636. The third kappa shape index (κ3) is 4.54. The Kier molecular flexibility index (Phi) is 5.78. The molecule has 0 saturated carbocycles. The number of hydrogen-bond acceptors (Lipinski definition) is 4. The van der Waals surface area contributed by atoms with Gasteiger partial charge in [0, 0.05) is 12.1 Å². The highest BCUT2D eigenvalue weighted by molar-refractivity contribution is 6.32. The molecular weight excluding hydrogens is 368 g/mol. The predicted molar refractivity (Wildman–Crippen MR) is 91.6 cm³/mol. The van der Waals surface area contributed by atoms with E-state index in [0.717, 1.165) is 5.56 Å². The fraction of sp³-hybridized carbons (Fsp3) is 0.278. The molecule has 1 heterocycles. The highest BCUT2D eigenvalue weighted by Crippen LogP contribution is 2.38. The number of hydrogen-bond donors (Lipinski definition) is 1. The van der Waals surface area contributed by atoms with E-state index in [2.05, 4.69) is 10.1 Å². The summed E-state index contributed by atoms with van der Waals surface area (Å²) in [5.41, 5.74) is 1.12. The summed E-state index contributed by atoms with van der Waals surface area (Å²) in [6, 6.07) is 9.21. The standard InChI is InChI=1S/C18H16ClF2NO4/c19-14-8-11(9-15-16(14)25-7-6-24-15)4-5-22-17(23)12-2-1-3-13(10-12)26-18(20)21/h1-3,8-10,18H,4-7H2,(H,22,23). The lowest BCUT2D eigenvalue weighted by Crippen LogP contribution is -2.25. The smallest absolute Gasteiger partial charge is 0.387 e. The van der Waals surface area contributed by atoms with Gasteiger partial charge in [0.05, 0.1) is 5.02 Å². The molecule has 0 fully saturated rings. The Labute approximate surface area is 153 Å². The second-order valence-electron chi connectivity index (χ2n) is 5.51. The van der Waals surface area contributed by atoms with E-state index in [1.807, 2.05) is 6.07 Å². The number of carbonyl (C=O) groups is 1. The summed E-state index contributed by atoms with van der Waals surface area (Å²) in [6.45, 7) is -1.68. The molecule has 0 atom stereocenters.